The highest BCUT2D eigenvalue weighted by molar-refractivity contribution is 5.87. The molecule has 1 aromatic rings. The molecule has 0 amide bonds. The summed E-state index contributed by atoms with van der Waals surface area (Å²) in [6.07, 6.45) is 9.29. The fourth-order valence-electron chi connectivity index (χ4n) is 2.19. The van der Waals surface area contributed by atoms with Crippen LogP contribution in [0.15, 0.2) is 30.3 Å². The molecular formula is C20H30O5. The molecule has 5 heteroatoms. The maximum Gasteiger partial charge on any atom is 0.330 e. The van der Waals surface area contributed by atoms with E-state index in [1.807, 2.05) is 24.3 Å². The molecule has 0 saturated carbocycles. The number of carbonyl (C=O) groups is 1. The summed E-state index contributed by atoms with van der Waals surface area (Å²) in [5.74, 6) is 0.259. The van der Waals surface area contributed by atoms with E-state index in [0.29, 0.717) is 0 Å². The molecule has 0 fully saturated rings. The predicted molar refractivity (Wildman–Crippen MR) is 98.4 cm³/mol. The van der Waals surface area contributed by atoms with Crippen molar-refractivity contribution in [3.8, 4) is 5.75 Å². The Labute approximate surface area is 150 Å². The third-order valence-electron chi connectivity index (χ3n) is 3.69. The van der Waals surface area contributed by atoms with Crippen LogP contribution in [0.4, 0.5) is 0 Å². The van der Waals surface area contributed by atoms with Gasteiger partial charge in [-0.05, 0) is 30.2 Å². The van der Waals surface area contributed by atoms with Crippen molar-refractivity contribution in [1.29, 1.82) is 0 Å². The highest BCUT2D eigenvalue weighted by Crippen LogP contribution is 2.14. The smallest absolute Gasteiger partial charge is 0.330 e. The third-order valence-corrected chi connectivity index (χ3v) is 3.69. The van der Waals surface area contributed by atoms with E-state index in [1.54, 1.807) is 6.08 Å². The van der Waals surface area contributed by atoms with Crippen molar-refractivity contribution in [2.24, 2.45) is 0 Å². The predicted octanol–water partition coefficient (Wildman–Crippen LogP) is 3.34. The first kappa shape index (κ1) is 21.2. The molecule has 1 rings (SSSR count). The maximum absolute atomic E-state index is 11.4. The lowest BCUT2D eigenvalue weighted by Crippen LogP contribution is -2.21. The minimum absolute atomic E-state index is 0.217. The van der Waals surface area contributed by atoms with Crippen molar-refractivity contribution < 1.29 is 24.5 Å². The quantitative estimate of drug-likeness (QED) is 0.324. The van der Waals surface area contributed by atoms with E-state index in [4.69, 9.17) is 19.7 Å². The number of ether oxygens (including phenoxy) is 2. The first-order valence-corrected chi connectivity index (χ1v) is 9.02. The van der Waals surface area contributed by atoms with Crippen LogP contribution in [0.2, 0.25) is 0 Å². The van der Waals surface area contributed by atoms with Crippen molar-refractivity contribution >= 4 is 12.0 Å². The molecule has 5 nitrogen and oxygen atoms in total. The Kier molecular flexibility index (Phi) is 11.4. The minimum atomic E-state index is -1.04. The standard InChI is InChI=1S/C20H30O5/c1-2-3-4-5-6-7-14-24-19-11-8-17(9-12-19)10-13-20(23)25-16-18(22)15-21/h8-13,18,21-22H,2-7,14-16H2,1H3/b13-10+/t18-/m0/s1. The number of rotatable bonds is 13. The SMILES string of the molecule is CCCCCCCCOc1ccc(/C=C/C(=O)OC[C@@H](O)CO)cc1. The Morgan fingerprint density at radius 1 is 1.12 bits per heavy atom. The minimum Gasteiger partial charge on any atom is -0.494 e. The maximum atomic E-state index is 11.4. The van der Waals surface area contributed by atoms with Gasteiger partial charge in [0.2, 0.25) is 0 Å². The molecule has 1 atom stereocenters. The zero-order chi connectivity index (χ0) is 18.3. The van der Waals surface area contributed by atoms with E-state index in [9.17, 15) is 4.79 Å². The Morgan fingerprint density at radius 2 is 1.80 bits per heavy atom. The van der Waals surface area contributed by atoms with Crippen molar-refractivity contribution in [3.05, 3.63) is 35.9 Å². The Balaban J connectivity index is 2.24. The second-order valence-corrected chi connectivity index (χ2v) is 5.99. The molecule has 0 aliphatic rings. The summed E-state index contributed by atoms with van der Waals surface area (Å²) in [6.45, 7) is 2.29. The zero-order valence-electron chi connectivity index (χ0n) is 15.0. The van der Waals surface area contributed by atoms with Crippen LogP contribution in [0.5, 0.6) is 5.75 Å². The van der Waals surface area contributed by atoms with Crippen molar-refractivity contribution in [2.75, 3.05) is 19.8 Å². The number of carbonyl (C=O) groups excluding carboxylic acids is 1. The van der Waals surface area contributed by atoms with Crippen LogP contribution in [0, 0.1) is 0 Å². The van der Waals surface area contributed by atoms with Crippen LogP contribution in [-0.2, 0) is 9.53 Å². The first-order chi connectivity index (χ1) is 12.2. The zero-order valence-corrected chi connectivity index (χ0v) is 15.0. The third kappa shape index (κ3) is 10.6. The molecule has 0 bridgehead atoms. The Bertz CT molecular complexity index is 495. The molecule has 0 heterocycles. The van der Waals surface area contributed by atoms with E-state index in [1.165, 1.54) is 38.2 Å². The van der Waals surface area contributed by atoms with Gasteiger partial charge in [-0.2, -0.15) is 0 Å². The van der Waals surface area contributed by atoms with Gasteiger partial charge in [0.15, 0.2) is 0 Å². The number of unbranched alkanes of at least 4 members (excludes halogenated alkanes) is 5. The van der Waals surface area contributed by atoms with Crippen LogP contribution in [-0.4, -0.2) is 42.1 Å². The Hall–Kier alpha value is -1.85. The number of hydrogen-bond acceptors (Lipinski definition) is 5. The number of hydrogen-bond donors (Lipinski definition) is 2. The molecule has 140 valence electrons. The van der Waals surface area contributed by atoms with Gasteiger partial charge >= 0.3 is 5.97 Å². The van der Waals surface area contributed by atoms with Gasteiger partial charge < -0.3 is 19.7 Å². The summed E-state index contributed by atoms with van der Waals surface area (Å²) >= 11 is 0. The molecule has 0 spiro atoms. The van der Waals surface area contributed by atoms with Crippen molar-refractivity contribution in [3.63, 3.8) is 0 Å². The second-order valence-electron chi connectivity index (χ2n) is 5.99. The van der Waals surface area contributed by atoms with E-state index in [0.717, 1.165) is 24.3 Å². The summed E-state index contributed by atoms with van der Waals surface area (Å²) < 4.78 is 10.5. The molecule has 25 heavy (non-hydrogen) atoms. The van der Waals surface area contributed by atoms with Gasteiger partial charge in [-0.25, -0.2) is 4.79 Å². The molecule has 0 aliphatic carbocycles. The molecule has 0 saturated heterocycles. The van der Waals surface area contributed by atoms with Crippen LogP contribution in [0.3, 0.4) is 0 Å². The molecule has 0 unspecified atom stereocenters. The normalized spacial score (nSPS) is 12.3. The average molecular weight is 350 g/mol. The lowest BCUT2D eigenvalue weighted by molar-refractivity contribution is -0.141. The molecule has 2 N–H and O–H groups in total. The monoisotopic (exact) mass is 350 g/mol. The van der Waals surface area contributed by atoms with Gasteiger partial charge in [0.05, 0.1) is 13.2 Å². The highest BCUT2D eigenvalue weighted by Gasteiger charge is 2.04. The summed E-state index contributed by atoms with van der Waals surface area (Å²) in [5, 5.41) is 17.7. The molecular weight excluding hydrogens is 320 g/mol. The van der Waals surface area contributed by atoms with Crippen LogP contribution in [0.25, 0.3) is 6.08 Å². The summed E-state index contributed by atoms with van der Waals surface area (Å²) in [5.41, 5.74) is 0.853. The second kappa shape index (κ2) is 13.4. The molecule has 1 aromatic carbocycles. The van der Waals surface area contributed by atoms with Gasteiger partial charge in [-0.3, -0.25) is 0 Å². The first-order valence-electron chi connectivity index (χ1n) is 9.02. The molecule has 0 aromatic heterocycles. The lowest BCUT2D eigenvalue weighted by atomic mass is 10.1. The average Bonchev–Trinajstić information content (AvgIpc) is 2.64. The number of benzene rings is 1. The van der Waals surface area contributed by atoms with Crippen molar-refractivity contribution in [2.45, 2.75) is 51.6 Å². The van der Waals surface area contributed by atoms with Gasteiger partial charge in [0.25, 0.3) is 0 Å². The van der Waals surface area contributed by atoms with Gasteiger partial charge in [-0.1, -0.05) is 51.2 Å². The highest BCUT2D eigenvalue weighted by atomic mass is 16.5. The molecule has 0 aliphatic heterocycles. The lowest BCUT2D eigenvalue weighted by Gasteiger charge is -2.07. The van der Waals surface area contributed by atoms with Gasteiger partial charge in [0.1, 0.15) is 18.5 Å². The van der Waals surface area contributed by atoms with Gasteiger partial charge in [0, 0.05) is 6.08 Å². The van der Waals surface area contributed by atoms with E-state index >= 15 is 0 Å². The molecule has 0 radical (unpaired) electrons. The van der Waals surface area contributed by atoms with Crippen LogP contribution < -0.4 is 4.74 Å². The summed E-state index contributed by atoms with van der Waals surface area (Å²) in [4.78, 5) is 11.4. The van der Waals surface area contributed by atoms with Crippen molar-refractivity contribution in [1.82, 2.24) is 0 Å². The fourth-order valence-corrected chi connectivity index (χ4v) is 2.19. The summed E-state index contributed by atoms with van der Waals surface area (Å²) in [7, 11) is 0. The topological polar surface area (TPSA) is 76.0 Å². The van der Waals surface area contributed by atoms with Crippen LogP contribution in [0.1, 0.15) is 51.0 Å². The van der Waals surface area contributed by atoms with E-state index < -0.39 is 18.7 Å². The van der Waals surface area contributed by atoms with E-state index in [-0.39, 0.29) is 6.61 Å². The number of aliphatic hydroxyl groups excluding tert-OH is 2. The number of esters is 1. The summed E-state index contributed by atoms with van der Waals surface area (Å²) in [6, 6.07) is 7.47. The van der Waals surface area contributed by atoms with E-state index in [2.05, 4.69) is 6.92 Å². The Morgan fingerprint density at radius 3 is 2.48 bits per heavy atom. The fraction of sp³-hybridized carbons (Fsp3) is 0.550. The number of aliphatic hydroxyl groups is 2. The largest absolute Gasteiger partial charge is 0.494 e. The van der Waals surface area contributed by atoms with Crippen LogP contribution >= 0.6 is 0 Å². The van der Waals surface area contributed by atoms with Gasteiger partial charge in [-0.15, -0.1) is 0 Å².